The molecule has 0 aliphatic heterocycles. The number of rotatable bonds is 5. The summed E-state index contributed by atoms with van der Waals surface area (Å²) in [6.45, 7) is 17.1. The van der Waals surface area contributed by atoms with E-state index in [4.69, 9.17) is 4.74 Å². The van der Waals surface area contributed by atoms with Crippen LogP contribution >= 0.6 is 0 Å². The molecular formula is C32H54O7. The van der Waals surface area contributed by atoms with Crippen molar-refractivity contribution >= 4 is 5.97 Å². The first-order chi connectivity index (χ1) is 18.0. The van der Waals surface area contributed by atoms with Crippen molar-refractivity contribution in [2.75, 3.05) is 0 Å². The predicted octanol–water partition coefficient (Wildman–Crippen LogP) is 3.53. The first-order valence-corrected chi connectivity index (χ1v) is 15.6. The fourth-order valence-corrected chi connectivity index (χ4v) is 11.4. The molecule has 0 heterocycles. The summed E-state index contributed by atoms with van der Waals surface area (Å²) in [5.41, 5.74) is -3.19. The van der Waals surface area contributed by atoms with Crippen molar-refractivity contribution in [3.05, 3.63) is 0 Å². The lowest BCUT2D eigenvalue weighted by Gasteiger charge is -2.68. The predicted molar refractivity (Wildman–Crippen MR) is 147 cm³/mol. The van der Waals surface area contributed by atoms with Gasteiger partial charge < -0.3 is 30.3 Å². The van der Waals surface area contributed by atoms with Gasteiger partial charge in [0.15, 0.2) is 0 Å². The minimum Gasteiger partial charge on any atom is -0.459 e. The lowest BCUT2D eigenvalue weighted by atomic mass is 9.40. The first-order valence-electron chi connectivity index (χ1n) is 15.6. The summed E-state index contributed by atoms with van der Waals surface area (Å²) >= 11 is 0. The molecule has 39 heavy (non-hydrogen) atoms. The van der Waals surface area contributed by atoms with Crippen LogP contribution in [-0.4, -0.2) is 67.6 Å². The molecule has 0 aromatic heterocycles. The number of ether oxygens (including phenoxy) is 1. The Morgan fingerprint density at radius 3 is 2.13 bits per heavy atom. The molecule has 224 valence electrons. The van der Waals surface area contributed by atoms with Crippen LogP contribution in [0.15, 0.2) is 0 Å². The van der Waals surface area contributed by atoms with Gasteiger partial charge in [-0.05, 0) is 78.9 Å². The highest BCUT2D eigenvalue weighted by Gasteiger charge is 2.75. The van der Waals surface area contributed by atoms with E-state index in [0.29, 0.717) is 30.1 Å². The number of hydrogen-bond donors (Lipinski definition) is 5. The summed E-state index contributed by atoms with van der Waals surface area (Å²) in [6.07, 6.45) is -1.63. The van der Waals surface area contributed by atoms with Crippen molar-refractivity contribution in [2.45, 2.75) is 130 Å². The Kier molecular flexibility index (Phi) is 7.16. The molecule has 7 heteroatoms. The Morgan fingerprint density at radius 1 is 0.897 bits per heavy atom. The highest BCUT2D eigenvalue weighted by molar-refractivity contribution is 5.66. The third kappa shape index (κ3) is 3.88. The van der Waals surface area contributed by atoms with Gasteiger partial charge in [0, 0.05) is 30.1 Å². The molecule has 0 aromatic rings. The molecule has 0 radical (unpaired) electrons. The van der Waals surface area contributed by atoms with Gasteiger partial charge in [0.25, 0.3) is 0 Å². The van der Waals surface area contributed by atoms with E-state index >= 15 is 0 Å². The van der Waals surface area contributed by atoms with Crippen LogP contribution in [0.3, 0.4) is 0 Å². The number of aliphatic hydroxyl groups is 5. The van der Waals surface area contributed by atoms with Gasteiger partial charge in [-0.3, -0.25) is 4.79 Å². The van der Waals surface area contributed by atoms with E-state index in [1.54, 1.807) is 6.92 Å². The van der Waals surface area contributed by atoms with Crippen molar-refractivity contribution < 1.29 is 35.1 Å². The third-order valence-corrected chi connectivity index (χ3v) is 14.0. The van der Waals surface area contributed by atoms with E-state index in [1.165, 1.54) is 13.3 Å². The Morgan fingerprint density at radius 2 is 1.54 bits per heavy atom. The largest absolute Gasteiger partial charge is 0.459 e. The van der Waals surface area contributed by atoms with Crippen LogP contribution in [-0.2, 0) is 9.53 Å². The van der Waals surface area contributed by atoms with Crippen molar-refractivity contribution in [1.82, 2.24) is 0 Å². The first kappa shape index (κ1) is 29.8. The van der Waals surface area contributed by atoms with Crippen molar-refractivity contribution in [3.63, 3.8) is 0 Å². The standard InChI is InChI=1S/C32H54O7/c1-15(2)17(4)29(6)14-23(29)16(3)21-9-10-22-20-12-25(36)32(38)13-19(34)11-24(35)31(32,8)26(20)27(37)28(30(21,22)7)39-18(5)33/h15-17,19-28,34-38H,9-14H2,1-8H3/t16?,17-,19?,20?,21?,22?,23?,24?,25?,26?,27?,28?,29?,30?,31?,32?/m0/s1. The van der Waals surface area contributed by atoms with Gasteiger partial charge >= 0.3 is 5.97 Å². The lowest BCUT2D eigenvalue weighted by Crippen LogP contribution is -2.77. The second-order valence-electron chi connectivity index (χ2n) is 15.6. The van der Waals surface area contributed by atoms with E-state index in [-0.39, 0.29) is 36.0 Å². The van der Waals surface area contributed by atoms with Gasteiger partial charge in [-0.2, -0.15) is 0 Å². The molecule has 7 nitrogen and oxygen atoms in total. The average molecular weight is 551 g/mol. The van der Waals surface area contributed by atoms with Crippen molar-refractivity contribution in [1.29, 1.82) is 0 Å². The van der Waals surface area contributed by atoms with Crippen LogP contribution in [0.1, 0.15) is 93.9 Å². The maximum Gasteiger partial charge on any atom is 0.303 e. The van der Waals surface area contributed by atoms with Crippen LogP contribution in [0, 0.1) is 63.6 Å². The second-order valence-corrected chi connectivity index (χ2v) is 15.6. The molecule has 5 saturated carbocycles. The monoisotopic (exact) mass is 550 g/mol. The number of carbonyl (C=O) groups is 1. The van der Waals surface area contributed by atoms with Gasteiger partial charge in [0.1, 0.15) is 11.7 Å². The zero-order valence-electron chi connectivity index (χ0n) is 25.3. The van der Waals surface area contributed by atoms with Crippen LogP contribution in [0.2, 0.25) is 0 Å². The molecular weight excluding hydrogens is 496 g/mol. The summed E-state index contributed by atoms with van der Waals surface area (Å²) in [5, 5.41) is 57.3. The third-order valence-electron chi connectivity index (χ3n) is 14.0. The molecule has 0 amide bonds. The fraction of sp³-hybridized carbons (Fsp3) is 0.969. The molecule has 5 aliphatic carbocycles. The summed E-state index contributed by atoms with van der Waals surface area (Å²) < 4.78 is 6.06. The highest BCUT2D eigenvalue weighted by Crippen LogP contribution is 2.72. The molecule has 16 atom stereocenters. The Hall–Kier alpha value is -0.730. The molecule has 0 spiro atoms. The maximum atomic E-state index is 12.5. The quantitative estimate of drug-likeness (QED) is 0.331. The molecule has 15 unspecified atom stereocenters. The van der Waals surface area contributed by atoms with Gasteiger partial charge in [0.05, 0.1) is 24.4 Å². The summed E-state index contributed by atoms with van der Waals surface area (Å²) in [7, 11) is 0. The van der Waals surface area contributed by atoms with Gasteiger partial charge in [-0.15, -0.1) is 0 Å². The molecule has 5 aliphatic rings. The molecule has 0 saturated heterocycles. The highest BCUT2D eigenvalue weighted by atomic mass is 16.6. The number of hydrogen-bond acceptors (Lipinski definition) is 7. The van der Waals surface area contributed by atoms with Gasteiger partial charge in [-0.1, -0.05) is 48.5 Å². The zero-order chi connectivity index (χ0) is 29.0. The number of fused-ring (bicyclic) bond motifs is 5. The molecule has 0 bridgehead atoms. The van der Waals surface area contributed by atoms with E-state index in [1.807, 2.05) is 0 Å². The normalized spacial score (nSPS) is 56.3. The smallest absolute Gasteiger partial charge is 0.303 e. The van der Waals surface area contributed by atoms with Gasteiger partial charge in [0.2, 0.25) is 0 Å². The topological polar surface area (TPSA) is 127 Å². The van der Waals surface area contributed by atoms with Gasteiger partial charge in [-0.25, -0.2) is 0 Å². The van der Waals surface area contributed by atoms with E-state index in [2.05, 4.69) is 41.5 Å². The summed E-state index contributed by atoms with van der Waals surface area (Å²) in [4.78, 5) is 12.5. The zero-order valence-corrected chi connectivity index (χ0v) is 25.3. The summed E-state index contributed by atoms with van der Waals surface area (Å²) in [5.74, 6) is 1.35. The molecule has 5 N–H and O–H groups in total. The minimum absolute atomic E-state index is 0.0498. The van der Waals surface area contributed by atoms with Crippen LogP contribution in [0.5, 0.6) is 0 Å². The molecule has 0 aromatic carbocycles. The Balaban J connectivity index is 1.55. The van der Waals surface area contributed by atoms with E-state index in [0.717, 1.165) is 12.8 Å². The SMILES string of the molecule is CC(=O)OC1C(O)C2C(CC(O)C3(O)CC(O)CC(O)C23C)C2CCC(C(C)C3CC3(C)[C@@H](C)C(C)C)C21C. The van der Waals surface area contributed by atoms with Crippen LogP contribution < -0.4 is 0 Å². The minimum atomic E-state index is -1.74. The molecule has 5 fully saturated rings. The average Bonchev–Trinajstić information content (AvgIpc) is 3.40. The van der Waals surface area contributed by atoms with E-state index in [9.17, 15) is 30.3 Å². The number of aliphatic hydroxyl groups excluding tert-OH is 4. The fourth-order valence-electron chi connectivity index (χ4n) is 11.4. The Bertz CT molecular complexity index is 970. The van der Waals surface area contributed by atoms with Crippen molar-refractivity contribution in [2.24, 2.45) is 63.6 Å². The Labute approximate surface area is 234 Å². The van der Waals surface area contributed by atoms with E-state index < -0.39 is 58.8 Å². The number of esters is 1. The molecule has 5 rings (SSSR count). The second kappa shape index (κ2) is 9.39. The van der Waals surface area contributed by atoms with Crippen molar-refractivity contribution in [3.8, 4) is 0 Å². The number of carbonyl (C=O) groups excluding carboxylic acids is 1. The van der Waals surface area contributed by atoms with Crippen LogP contribution in [0.25, 0.3) is 0 Å². The summed E-state index contributed by atoms with van der Waals surface area (Å²) in [6, 6.07) is 0. The maximum absolute atomic E-state index is 12.5. The lowest BCUT2D eigenvalue weighted by molar-refractivity contribution is -0.324. The van der Waals surface area contributed by atoms with Crippen LogP contribution in [0.4, 0.5) is 0 Å².